The molecule has 0 aliphatic carbocycles. The Kier molecular flexibility index (Phi) is 61.9. The van der Waals surface area contributed by atoms with Crippen molar-refractivity contribution in [2.75, 3.05) is 19.8 Å². The maximum atomic E-state index is 13.0. The molecular weight excluding hydrogens is 1090 g/mol. The average Bonchev–Trinajstić information content (AvgIpc) is 2.97. The second kappa shape index (κ2) is 65.1. The number of nitrogens with one attached hydrogen (secondary N) is 1. The number of amides is 1. The van der Waals surface area contributed by atoms with Crippen LogP contribution in [-0.4, -0.2) is 100 Å². The van der Waals surface area contributed by atoms with Crippen molar-refractivity contribution in [1.29, 1.82) is 0 Å². The summed E-state index contributed by atoms with van der Waals surface area (Å²) in [5.41, 5.74) is 0. The molecule has 0 saturated carbocycles. The maximum Gasteiger partial charge on any atom is 0.305 e. The molecule has 1 aliphatic rings. The molecule has 0 aromatic rings. The van der Waals surface area contributed by atoms with Crippen LogP contribution in [0.1, 0.15) is 361 Å². The number of allylic oxidation sites excluding steroid dienone is 7. The van der Waals surface area contributed by atoms with E-state index in [9.17, 15) is 35.1 Å². The highest BCUT2D eigenvalue weighted by Gasteiger charge is 2.44. The lowest BCUT2D eigenvalue weighted by Crippen LogP contribution is -2.60. The molecule has 1 rings (SSSR count). The topological polar surface area (TPSA) is 175 Å². The maximum absolute atomic E-state index is 13.0. The third kappa shape index (κ3) is 53.9. The van der Waals surface area contributed by atoms with Crippen LogP contribution < -0.4 is 5.32 Å². The second-order valence-corrected chi connectivity index (χ2v) is 26.0. The molecule has 6 N–H and O–H groups in total. The third-order valence-corrected chi connectivity index (χ3v) is 17.7. The number of hydrogen-bond acceptors (Lipinski definition) is 10. The number of aliphatic hydroxyl groups is 5. The van der Waals surface area contributed by atoms with Gasteiger partial charge in [-0.3, -0.25) is 9.59 Å². The summed E-state index contributed by atoms with van der Waals surface area (Å²) in [5, 5.41) is 54.3. The summed E-state index contributed by atoms with van der Waals surface area (Å²) in [5.74, 6) is -0.176. The second-order valence-electron chi connectivity index (χ2n) is 26.0. The molecule has 0 spiro atoms. The molecule has 0 radical (unpaired) electrons. The number of unbranched alkanes of at least 4 members (excludes halogenated alkanes) is 46. The highest BCUT2D eigenvalue weighted by Crippen LogP contribution is 2.23. The number of carbonyl (C=O) groups excluding carboxylic acids is 2. The number of esters is 1. The van der Waals surface area contributed by atoms with Gasteiger partial charge in [-0.2, -0.15) is 0 Å². The van der Waals surface area contributed by atoms with E-state index in [1.807, 2.05) is 6.08 Å². The zero-order chi connectivity index (χ0) is 63.0. The minimum atomic E-state index is -1.57. The monoisotopic (exact) mass is 1230 g/mol. The first-order valence-electron chi connectivity index (χ1n) is 37.4. The Bertz CT molecular complexity index is 1580. The highest BCUT2D eigenvalue weighted by molar-refractivity contribution is 5.76. The van der Waals surface area contributed by atoms with Crippen molar-refractivity contribution in [2.24, 2.45) is 0 Å². The predicted molar refractivity (Wildman–Crippen MR) is 366 cm³/mol. The van der Waals surface area contributed by atoms with Crippen LogP contribution in [-0.2, 0) is 23.8 Å². The fourth-order valence-corrected chi connectivity index (χ4v) is 11.8. The van der Waals surface area contributed by atoms with Crippen LogP contribution in [0, 0.1) is 0 Å². The average molecular weight is 1230 g/mol. The van der Waals surface area contributed by atoms with Crippen LogP contribution in [0.25, 0.3) is 0 Å². The Balaban J connectivity index is 1.89. The minimum absolute atomic E-state index is 0.0143. The van der Waals surface area contributed by atoms with E-state index < -0.39 is 49.5 Å². The number of ether oxygens (including phenoxy) is 3. The van der Waals surface area contributed by atoms with Crippen LogP contribution in [0.5, 0.6) is 0 Å². The third-order valence-electron chi connectivity index (χ3n) is 17.7. The molecule has 0 aromatic carbocycles. The Hall–Kier alpha value is -2.38. The van der Waals surface area contributed by atoms with Gasteiger partial charge in [-0.05, 0) is 77.0 Å². The van der Waals surface area contributed by atoms with Gasteiger partial charge < -0.3 is 45.1 Å². The lowest BCUT2D eigenvalue weighted by Gasteiger charge is -2.40. The Labute approximate surface area is 536 Å². The van der Waals surface area contributed by atoms with Gasteiger partial charge in [0.25, 0.3) is 0 Å². The first-order valence-corrected chi connectivity index (χ1v) is 37.4. The first-order chi connectivity index (χ1) is 42.7. The van der Waals surface area contributed by atoms with Gasteiger partial charge in [-0.15, -0.1) is 0 Å². The van der Waals surface area contributed by atoms with Gasteiger partial charge in [0.15, 0.2) is 6.29 Å². The molecule has 1 heterocycles. The Morgan fingerprint density at radius 2 is 0.782 bits per heavy atom. The smallest absolute Gasteiger partial charge is 0.305 e. The van der Waals surface area contributed by atoms with E-state index >= 15 is 0 Å². The van der Waals surface area contributed by atoms with E-state index in [0.717, 1.165) is 57.8 Å². The van der Waals surface area contributed by atoms with E-state index in [0.29, 0.717) is 19.4 Å². The molecule has 11 nitrogen and oxygen atoms in total. The standard InChI is InChI=1S/C76H141NO10/c1-3-5-7-9-11-13-43-48-52-56-60-64-72(81)85-65-61-57-53-49-45-42-40-38-36-34-32-30-28-26-24-22-20-18-16-14-15-17-19-21-23-25-27-29-31-33-35-37-39-41-44-47-51-55-59-63-71(80)77-68(69(79)62-58-54-50-46-12-10-8-6-4-2)67-86-76-75(84)74(83)73(82)70(66-78)87-76/h12,14-15,18,20,46,58,62,68-70,73-76,78-79,82-84H,3-11,13,16-17,19,21-45,47-57,59-61,63-67H2,1-2H3,(H,77,80)/b15-14-,20-18-,46-12+,62-58+. The van der Waals surface area contributed by atoms with Crippen LogP contribution in [0.2, 0.25) is 0 Å². The van der Waals surface area contributed by atoms with Gasteiger partial charge in [0.2, 0.25) is 5.91 Å². The Morgan fingerprint density at radius 1 is 0.425 bits per heavy atom. The van der Waals surface area contributed by atoms with E-state index in [1.165, 1.54) is 276 Å². The van der Waals surface area contributed by atoms with E-state index in [4.69, 9.17) is 14.2 Å². The summed E-state index contributed by atoms with van der Waals surface area (Å²) in [7, 11) is 0. The fourth-order valence-electron chi connectivity index (χ4n) is 11.8. The lowest BCUT2D eigenvalue weighted by atomic mass is 9.99. The molecule has 1 amide bonds. The molecule has 1 aliphatic heterocycles. The summed E-state index contributed by atoms with van der Waals surface area (Å²) >= 11 is 0. The molecule has 510 valence electrons. The van der Waals surface area contributed by atoms with Crippen LogP contribution >= 0.6 is 0 Å². The molecule has 1 fully saturated rings. The summed E-state index contributed by atoms with van der Waals surface area (Å²) in [4.78, 5) is 25.0. The molecular formula is C76H141NO10. The quantitative estimate of drug-likeness (QED) is 0.0195. The van der Waals surface area contributed by atoms with Gasteiger partial charge in [-0.25, -0.2) is 0 Å². The molecule has 0 bridgehead atoms. The summed E-state index contributed by atoms with van der Waals surface area (Å²) in [6.45, 7) is 4.31. The van der Waals surface area contributed by atoms with Crippen molar-refractivity contribution < 1.29 is 49.3 Å². The molecule has 11 heteroatoms. The van der Waals surface area contributed by atoms with Gasteiger partial charge >= 0.3 is 5.97 Å². The van der Waals surface area contributed by atoms with Gasteiger partial charge in [0.1, 0.15) is 24.4 Å². The molecule has 7 atom stereocenters. The van der Waals surface area contributed by atoms with Crippen LogP contribution in [0.3, 0.4) is 0 Å². The van der Waals surface area contributed by atoms with Crippen molar-refractivity contribution in [3.63, 3.8) is 0 Å². The molecule has 87 heavy (non-hydrogen) atoms. The Morgan fingerprint density at radius 3 is 1.23 bits per heavy atom. The van der Waals surface area contributed by atoms with Crippen LogP contribution in [0.15, 0.2) is 48.6 Å². The van der Waals surface area contributed by atoms with Crippen LogP contribution in [0.4, 0.5) is 0 Å². The van der Waals surface area contributed by atoms with E-state index in [-0.39, 0.29) is 18.5 Å². The zero-order valence-corrected chi connectivity index (χ0v) is 56.7. The normalized spacial score (nSPS) is 18.1. The summed E-state index contributed by atoms with van der Waals surface area (Å²) in [6.07, 6.45) is 75.9. The number of carbonyl (C=O) groups is 2. The van der Waals surface area contributed by atoms with Crippen molar-refractivity contribution >= 4 is 11.9 Å². The predicted octanol–water partition coefficient (Wildman–Crippen LogP) is 19.5. The highest BCUT2D eigenvalue weighted by atomic mass is 16.7. The number of hydrogen-bond donors (Lipinski definition) is 6. The van der Waals surface area contributed by atoms with Gasteiger partial charge in [0.05, 0.1) is 32.0 Å². The molecule has 1 saturated heterocycles. The SMILES string of the molecule is CCCCC/C=C/CC/C=C/C(O)C(COC1OC(CO)C(O)C(O)C1O)NC(=O)CCCCCCCCCCCCCCCCCCC/C=C\C/C=C\CCCCCCCCCCCCCCCCCOC(=O)CCCCCCCCCCCCC. The first kappa shape index (κ1) is 82.6. The van der Waals surface area contributed by atoms with Gasteiger partial charge in [-0.1, -0.05) is 319 Å². The largest absolute Gasteiger partial charge is 0.466 e. The number of aliphatic hydroxyl groups excluding tert-OH is 5. The fraction of sp³-hybridized carbons (Fsp3) is 0.868. The minimum Gasteiger partial charge on any atom is -0.466 e. The molecule has 7 unspecified atom stereocenters. The molecule has 0 aromatic heterocycles. The lowest BCUT2D eigenvalue weighted by molar-refractivity contribution is -0.302. The van der Waals surface area contributed by atoms with Crippen molar-refractivity contribution in [3.05, 3.63) is 48.6 Å². The summed E-state index contributed by atoms with van der Waals surface area (Å²) in [6, 6.07) is -0.824. The van der Waals surface area contributed by atoms with Crippen molar-refractivity contribution in [1.82, 2.24) is 5.32 Å². The van der Waals surface area contributed by atoms with Crippen molar-refractivity contribution in [2.45, 2.75) is 403 Å². The number of rotatable bonds is 66. The van der Waals surface area contributed by atoms with Gasteiger partial charge in [0, 0.05) is 12.8 Å². The van der Waals surface area contributed by atoms with E-state index in [2.05, 4.69) is 55.6 Å². The van der Waals surface area contributed by atoms with E-state index in [1.54, 1.807) is 6.08 Å². The van der Waals surface area contributed by atoms with Crippen molar-refractivity contribution in [3.8, 4) is 0 Å². The zero-order valence-electron chi connectivity index (χ0n) is 56.7. The summed E-state index contributed by atoms with van der Waals surface area (Å²) < 4.78 is 16.7.